The topological polar surface area (TPSA) is 123 Å². The van der Waals surface area contributed by atoms with Crippen LogP contribution in [0.25, 0.3) is 0 Å². The van der Waals surface area contributed by atoms with Gasteiger partial charge in [0.2, 0.25) is 16.0 Å². The van der Waals surface area contributed by atoms with Gasteiger partial charge in [-0.15, -0.1) is 0 Å². The number of likely N-dealkylation sites (tertiary alicyclic amines) is 1. The quantitative estimate of drug-likeness (QED) is 0.435. The Hall–Kier alpha value is -3.77. The first-order chi connectivity index (χ1) is 18.9. The van der Waals surface area contributed by atoms with Gasteiger partial charge in [-0.05, 0) is 54.8 Å². The maximum atomic E-state index is 15.7. The van der Waals surface area contributed by atoms with Crippen LogP contribution in [-0.2, 0) is 35.6 Å². The number of aliphatic imine (C=N–C) groups is 1. The summed E-state index contributed by atoms with van der Waals surface area (Å²) in [5.74, 6) is -0.568. The molecule has 2 aromatic heterocycles. The summed E-state index contributed by atoms with van der Waals surface area (Å²) in [7, 11) is 0.760. The molecule has 0 bridgehead atoms. The van der Waals surface area contributed by atoms with Crippen molar-refractivity contribution in [1.82, 2.24) is 18.8 Å². The van der Waals surface area contributed by atoms with Crippen LogP contribution in [0.2, 0.25) is 0 Å². The maximum absolute atomic E-state index is 15.7. The second-order valence-corrected chi connectivity index (χ2v) is 12.9. The fourth-order valence-corrected chi connectivity index (χ4v) is 8.02. The van der Waals surface area contributed by atoms with E-state index >= 15 is 4.39 Å². The van der Waals surface area contributed by atoms with Gasteiger partial charge in [0.25, 0.3) is 0 Å². The van der Waals surface area contributed by atoms with E-state index in [2.05, 4.69) is 14.9 Å². The monoisotopic (exact) mass is 568 g/mol. The number of nitrogens with zero attached hydrogens (tertiary/aromatic N) is 5. The first-order valence-electron chi connectivity index (χ1n) is 12.9. The number of nitrogens with two attached hydrogens (primary N) is 1. The highest BCUT2D eigenvalue weighted by Gasteiger charge is 2.66. The van der Waals surface area contributed by atoms with E-state index in [-0.39, 0.29) is 42.4 Å². The molecular weight excluding hydrogens is 535 g/mol. The number of aromatic nitrogens is 2. The normalized spacial score (nSPS) is 24.3. The number of ketones is 1. The molecule has 0 saturated carbocycles. The molecule has 0 aliphatic carbocycles. The predicted molar refractivity (Wildman–Crippen MR) is 149 cm³/mol. The Morgan fingerprint density at radius 1 is 1.18 bits per heavy atom. The number of aryl methyl sites for hydroxylation is 1. The molecule has 2 atom stereocenters. The number of pyridine rings is 1. The van der Waals surface area contributed by atoms with Crippen LogP contribution >= 0.6 is 0 Å². The number of ether oxygens (including phenoxy) is 1. The fraction of sp³-hybridized carbons (Fsp3) is 0.393. The number of methoxy groups -OCH3 is 1. The highest BCUT2D eigenvalue weighted by atomic mass is 32.2. The average Bonchev–Trinajstić information content (AvgIpc) is 3.55. The zero-order valence-corrected chi connectivity index (χ0v) is 23.8. The minimum absolute atomic E-state index is 0.0539. The second-order valence-electron chi connectivity index (χ2n) is 10.7. The van der Waals surface area contributed by atoms with Crippen LogP contribution in [0.5, 0.6) is 5.75 Å². The van der Waals surface area contributed by atoms with Gasteiger partial charge < -0.3 is 15.0 Å². The highest BCUT2D eigenvalue weighted by Crippen LogP contribution is 2.51. The van der Waals surface area contributed by atoms with Gasteiger partial charge >= 0.3 is 0 Å². The highest BCUT2D eigenvalue weighted by molar-refractivity contribution is 7.91. The van der Waals surface area contributed by atoms with Crippen molar-refractivity contribution >= 4 is 21.8 Å². The van der Waals surface area contributed by atoms with E-state index in [0.29, 0.717) is 24.4 Å². The number of benzene rings is 1. The molecule has 12 heteroatoms. The Morgan fingerprint density at radius 2 is 1.95 bits per heavy atom. The molecule has 1 fully saturated rings. The molecule has 1 aromatic carbocycles. The van der Waals surface area contributed by atoms with Crippen LogP contribution < -0.4 is 10.5 Å². The lowest BCUT2D eigenvalue weighted by atomic mass is 9.77. The summed E-state index contributed by atoms with van der Waals surface area (Å²) in [5.41, 5.74) is 6.47. The second kappa shape index (κ2) is 10.0. The minimum Gasteiger partial charge on any atom is -0.495 e. The van der Waals surface area contributed by atoms with E-state index in [1.54, 1.807) is 19.1 Å². The van der Waals surface area contributed by atoms with Crippen LogP contribution in [0.1, 0.15) is 40.5 Å². The molecule has 2 aliphatic rings. The zero-order chi connectivity index (χ0) is 28.9. The third kappa shape index (κ3) is 4.44. The van der Waals surface area contributed by atoms with E-state index in [1.807, 2.05) is 30.1 Å². The number of carbonyl (C=O) groups is 1. The Kier molecular flexibility index (Phi) is 6.95. The molecule has 10 nitrogen and oxygen atoms in total. The number of rotatable bonds is 7. The van der Waals surface area contributed by atoms with E-state index in [1.165, 1.54) is 38.6 Å². The van der Waals surface area contributed by atoms with Crippen molar-refractivity contribution in [3.63, 3.8) is 0 Å². The lowest BCUT2D eigenvalue weighted by Crippen LogP contribution is -2.66. The fourth-order valence-electron chi connectivity index (χ4n) is 5.85. The van der Waals surface area contributed by atoms with E-state index in [4.69, 9.17) is 10.5 Å². The number of halogens is 1. The zero-order valence-electron chi connectivity index (χ0n) is 23.0. The number of hydrogen-bond acceptors (Lipinski definition) is 8. The Bertz CT molecular complexity index is 1590. The molecule has 2 N–H and O–H groups in total. The molecule has 0 unspecified atom stereocenters. The van der Waals surface area contributed by atoms with Crippen molar-refractivity contribution in [3.05, 3.63) is 83.2 Å². The molecule has 4 heterocycles. The first-order valence-corrected chi connectivity index (χ1v) is 14.3. The molecule has 0 radical (unpaired) electrons. The average molecular weight is 569 g/mol. The molecule has 0 amide bonds. The summed E-state index contributed by atoms with van der Waals surface area (Å²) in [6.07, 6.45) is 5.56. The van der Waals surface area contributed by atoms with E-state index < -0.39 is 26.1 Å². The maximum Gasteiger partial charge on any atom is 0.247 e. The van der Waals surface area contributed by atoms with Gasteiger partial charge in [-0.1, -0.05) is 6.07 Å². The number of sulfonamides is 1. The van der Waals surface area contributed by atoms with Crippen LogP contribution in [0.15, 0.2) is 60.0 Å². The summed E-state index contributed by atoms with van der Waals surface area (Å²) in [6.45, 7) is 2.80. The molecule has 5 rings (SSSR count). The van der Waals surface area contributed by atoms with Gasteiger partial charge in [0, 0.05) is 58.1 Å². The summed E-state index contributed by atoms with van der Waals surface area (Å²) < 4.78 is 50.4. The number of Topliss-reactive ketones (excluding diaryl/α,β-unsaturated/α-hetero) is 1. The van der Waals surface area contributed by atoms with E-state index in [9.17, 15) is 13.2 Å². The molecular formula is C28H33FN6O4S. The van der Waals surface area contributed by atoms with Crippen molar-refractivity contribution in [2.75, 3.05) is 27.2 Å². The van der Waals surface area contributed by atoms with Crippen molar-refractivity contribution in [3.8, 4) is 5.75 Å². The van der Waals surface area contributed by atoms with Crippen LogP contribution in [0.4, 0.5) is 4.39 Å². The first kappa shape index (κ1) is 27.8. The Morgan fingerprint density at radius 3 is 2.60 bits per heavy atom. The van der Waals surface area contributed by atoms with Crippen LogP contribution in [0.3, 0.4) is 0 Å². The van der Waals surface area contributed by atoms with E-state index in [0.717, 1.165) is 9.87 Å². The molecule has 212 valence electrons. The summed E-state index contributed by atoms with van der Waals surface area (Å²) in [5, 5.41) is 0. The number of guanidine groups is 1. The molecule has 1 saturated heterocycles. The summed E-state index contributed by atoms with van der Waals surface area (Å²) in [6, 6.07) is 9.50. The minimum atomic E-state index is -4.05. The number of hydrogen-bond donors (Lipinski definition) is 1. The van der Waals surface area contributed by atoms with Gasteiger partial charge in [0.05, 0.1) is 13.3 Å². The molecule has 2 aliphatic heterocycles. The predicted octanol–water partition coefficient (Wildman–Crippen LogP) is 2.44. The molecule has 1 spiro atoms. The Balaban J connectivity index is 1.53. The summed E-state index contributed by atoms with van der Waals surface area (Å²) >= 11 is 0. The van der Waals surface area contributed by atoms with Crippen molar-refractivity contribution in [2.45, 2.75) is 36.6 Å². The van der Waals surface area contributed by atoms with Crippen molar-refractivity contribution in [1.29, 1.82) is 0 Å². The third-order valence-electron chi connectivity index (χ3n) is 8.19. The summed E-state index contributed by atoms with van der Waals surface area (Å²) in [4.78, 5) is 23.8. The van der Waals surface area contributed by atoms with Gasteiger partial charge in [-0.25, -0.2) is 27.1 Å². The van der Waals surface area contributed by atoms with Crippen molar-refractivity contribution < 1.29 is 22.3 Å². The van der Waals surface area contributed by atoms with Gasteiger partial charge in [0.1, 0.15) is 27.5 Å². The third-order valence-corrected chi connectivity index (χ3v) is 10.8. The van der Waals surface area contributed by atoms with Crippen molar-refractivity contribution in [2.24, 2.45) is 17.8 Å². The molecule has 3 aromatic rings. The van der Waals surface area contributed by atoms with Gasteiger partial charge in [-0.3, -0.25) is 9.69 Å². The van der Waals surface area contributed by atoms with Gasteiger partial charge in [-0.2, -0.15) is 0 Å². The Labute approximate surface area is 233 Å². The standard InChI is InChI=1S/C28H33FN6O4S/c1-27(22-13-19(5-7-23(22)29)14-25(36)24-8-6-21(39-4)15-31-24)28(40(37,38)34(3)26(30)32-27)10-12-35(18-28)17-20-9-11-33(2)16-20/h5-9,11,13,15-16H,10,12,14,17-18H2,1-4H3,(H2,30,32)/t27-,28-/m1/s1. The lowest BCUT2D eigenvalue weighted by molar-refractivity contribution is 0.0988. The number of carbonyl (C=O) groups excluding carboxylic acids is 1. The largest absolute Gasteiger partial charge is 0.495 e. The smallest absolute Gasteiger partial charge is 0.247 e. The lowest BCUT2D eigenvalue weighted by Gasteiger charge is -2.48. The molecule has 40 heavy (non-hydrogen) atoms. The SMILES string of the molecule is COc1ccc(C(=O)Cc2ccc(F)c([C@@]3(C)N=C(N)N(C)S(=O)(=O)[C@@]34CCN(Cc3ccn(C)c3)C4)c2)nc1. The van der Waals surface area contributed by atoms with Gasteiger partial charge in [0.15, 0.2) is 5.78 Å². The van der Waals surface area contributed by atoms with Crippen LogP contribution in [-0.4, -0.2) is 70.9 Å². The van der Waals surface area contributed by atoms with Crippen LogP contribution in [0, 0.1) is 5.82 Å².